The van der Waals surface area contributed by atoms with Gasteiger partial charge in [0, 0.05) is 39.1 Å². The molecule has 1 N–H and O–H groups in total. The van der Waals surface area contributed by atoms with E-state index < -0.39 is 10.0 Å². The maximum atomic E-state index is 12.5. The van der Waals surface area contributed by atoms with E-state index in [0.29, 0.717) is 52.0 Å². The fourth-order valence-corrected chi connectivity index (χ4v) is 4.36. The summed E-state index contributed by atoms with van der Waals surface area (Å²) in [7, 11) is -2.04. The number of carbonyl (C=O) groups excluding carboxylic acids is 2. The van der Waals surface area contributed by atoms with Crippen LogP contribution in [0.2, 0.25) is 0 Å². The largest absolute Gasteiger partial charge is 0.469 e. The van der Waals surface area contributed by atoms with E-state index in [1.165, 1.54) is 11.4 Å². The first kappa shape index (κ1) is 21.2. The molecule has 0 atom stereocenters. The zero-order chi connectivity index (χ0) is 19.7. The van der Waals surface area contributed by atoms with Crippen LogP contribution in [-0.2, 0) is 25.3 Å². The van der Waals surface area contributed by atoms with Gasteiger partial charge in [0.05, 0.1) is 12.9 Å². The van der Waals surface area contributed by atoms with E-state index in [1.54, 1.807) is 17.0 Å². The van der Waals surface area contributed by atoms with Gasteiger partial charge in [-0.3, -0.25) is 4.79 Å². The molecule has 27 heavy (non-hydrogen) atoms. The van der Waals surface area contributed by atoms with Crippen LogP contribution in [0.5, 0.6) is 0 Å². The Kier molecular flexibility index (Phi) is 8.05. The zero-order valence-electron chi connectivity index (χ0n) is 15.6. The highest BCUT2D eigenvalue weighted by Crippen LogP contribution is 2.13. The van der Waals surface area contributed by atoms with Crippen molar-refractivity contribution < 1.29 is 22.7 Å². The first-order valence-electron chi connectivity index (χ1n) is 9.04. The maximum Gasteiger partial charge on any atom is 0.317 e. The number of hydrogen-bond donors (Lipinski definition) is 1. The molecule has 8 nitrogen and oxygen atoms in total. The Morgan fingerprint density at radius 2 is 1.74 bits per heavy atom. The molecule has 1 saturated heterocycles. The van der Waals surface area contributed by atoms with Crippen molar-refractivity contribution in [1.29, 1.82) is 0 Å². The van der Waals surface area contributed by atoms with Crippen molar-refractivity contribution in [3.8, 4) is 0 Å². The fourth-order valence-electron chi connectivity index (χ4n) is 2.85. The van der Waals surface area contributed by atoms with Crippen molar-refractivity contribution in [3.05, 3.63) is 35.9 Å². The molecule has 2 rings (SSSR count). The highest BCUT2D eigenvalue weighted by Gasteiger charge is 2.28. The van der Waals surface area contributed by atoms with E-state index in [1.807, 2.05) is 18.2 Å². The summed E-state index contributed by atoms with van der Waals surface area (Å²) in [6, 6.07) is 8.87. The van der Waals surface area contributed by atoms with Crippen LogP contribution in [0.4, 0.5) is 4.79 Å². The Hall–Kier alpha value is -2.13. The van der Waals surface area contributed by atoms with Gasteiger partial charge in [-0.2, -0.15) is 4.31 Å². The first-order chi connectivity index (χ1) is 12.9. The molecule has 1 aliphatic rings. The SMILES string of the molecule is COC(=O)CCCCNC(=O)N1CCN(S(=O)(=O)Cc2ccccc2)CC1. The predicted octanol–water partition coefficient (Wildman–Crippen LogP) is 1.19. The molecular formula is C18H27N3O5S. The molecule has 0 bridgehead atoms. The van der Waals surface area contributed by atoms with Crippen LogP contribution in [0.1, 0.15) is 24.8 Å². The third kappa shape index (κ3) is 6.84. The van der Waals surface area contributed by atoms with Gasteiger partial charge >= 0.3 is 12.0 Å². The van der Waals surface area contributed by atoms with Crippen LogP contribution in [0.3, 0.4) is 0 Å². The first-order valence-corrected chi connectivity index (χ1v) is 10.6. The Bertz CT molecular complexity index is 716. The number of unbranched alkanes of at least 4 members (excludes halogenated alkanes) is 1. The number of benzene rings is 1. The molecule has 0 saturated carbocycles. The Morgan fingerprint density at radius 1 is 1.07 bits per heavy atom. The number of rotatable bonds is 8. The number of piperazine rings is 1. The number of nitrogens with zero attached hydrogens (tertiary/aromatic N) is 2. The number of methoxy groups -OCH3 is 1. The quantitative estimate of drug-likeness (QED) is 0.525. The summed E-state index contributed by atoms with van der Waals surface area (Å²) in [5.41, 5.74) is 0.754. The number of esters is 1. The molecule has 1 fully saturated rings. The molecule has 0 radical (unpaired) electrons. The summed E-state index contributed by atoms with van der Waals surface area (Å²) in [6.07, 6.45) is 1.68. The molecule has 2 amide bonds. The Labute approximate surface area is 160 Å². The average molecular weight is 397 g/mol. The van der Waals surface area contributed by atoms with E-state index in [4.69, 9.17) is 0 Å². The van der Waals surface area contributed by atoms with Gasteiger partial charge in [0.2, 0.25) is 10.0 Å². The smallest absolute Gasteiger partial charge is 0.317 e. The van der Waals surface area contributed by atoms with Crippen molar-refractivity contribution in [2.45, 2.75) is 25.0 Å². The highest BCUT2D eigenvalue weighted by molar-refractivity contribution is 7.88. The minimum Gasteiger partial charge on any atom is -0.469 e. The second-order valence-electron chi connectivity index (χ2n) is 6.39. The lowest BCUT2D eigenvalue weighted by Crippen LogP contribution is -2.53. The lowest BCUT2D eigenvalue weighted by Gasteiger charge is -2.34. The molecule has 0 aromatic heterocycles. The van der Waals surface area contributed by atoms with E-state index in [9.17, 15) is 18.0 Å². The molecule has 1 heterocycles. The zero-order valence-corrected chi connectivity index (χ0v) is 16.4. The van der Waals surface area contributed by atoms with Crippen molar-refractivity contribution in [2.24, 2.45) is 0 Å². The molecule has 0 aliphatic carbocycles. The molecule has 1 aliphatic heterocycles. The summed E-state index contributed by atoms with van der Waals surface area (Å²) in [5, 5.41) is 2.80. The molecular weight excluding hydrogens is 370 g/mol. The lowest BCUT2D eigenvalue weighted by atomic mass is 10.2. The highest BCUT2D eigenvalue weighted by atomic mass is 32.2. The van der Waals surface area contributed by atoms with Crippen LogP contribution in [-0.4, -0.2) is 69.5 Å². The van der Waals surface area contributed by atoms with Gasteiger partial charge in [-0.05, 0) is 18.4 Å². The molecule has 0 spiro atoms. The standard InChI is InChI=1S/C18H27N3O5S/c1-26-17(22)9-5-6-10-19-18(23)20-11-13-21(14-12-20)27(24,25)15-16-7-3-2-4-8-16/h2-4,7-8H,5-6,9-15H2,1H3,(H,19,23). The second kappa shape index (κ2) is 10.3. The summed E-state index contributed by atoms with van der Waals surface area (Å²) in [5.74, 6) is -0.283. The monoisotopic (exact) mass is 397 g/mol. The van der Waals surface area contributed by atoms with Gasteiger partial charge < -0.3 is 15.0 Å². The third-order valence-corrected chi connectivity index (χ3v) is 6.27. The van der Waals surface area contributed by atoms with Gasteiger partial charge in [0.15, 0.2) is 0 Å². The van der Waals surface area contributed by atoms with E-state index in [2.05, 4.69) is 10.1 Å². The van der Waals surface area contributed by atoms with Gasteiger partial charge in [0.1, 0.15) is 0 Å². The van der Waals surface area contributed by atoms with Gasteiger partial charge in [0.25, 0.3) is 0 Å². The Morgan fingerprint density at radius 3 is 2.37 bits per heavy atom. The van der Waals surface area contributed by atoms with Crippen LogP contribution < -0.4 is 5.32 Å². The summed E-state index contributed by atoms with van der Waals surface area (Å²) in [4.78, 5) is 24.8. The van der Waals surface area contributed by atoms with E-state index >= 15 is 0 Å². The molecule has 0 unspecified atom stereocenters. The molecule has 150 valence electrons. The van der Waals surface area contributed by atoms with Crippen LogP contribution in [0.25, 0.3) is 0 Å². The van der Waals surface area contributed by atoms with Gasteiger partial charge in [-0.15, -0.1) is 0 Å². The molecule has 9 heteroatoms. The number of urea groups is 1. The number of amides is 2. The predicted molar refractivity (Wildman–Crippen MR) is 101 cm³/mol. The van der Waals surface area contributed by atoms with Crippen molar-refractivity contribution in [3.63, 3.8) is 0 Å². The van der Waals surface area contributed by atoms with Crippen LogP contribution >= 0.6 is 0 Å². The van der Waals surface area contributed by atoms with Gasteiger partial charge in [-0.25, -0.2) is 13.2 Å². The van der Waals surface area contributed by atoms with Crippen LogP contribution in [0.15, 0.2) is 30.3 Å². The third-order valence-electron chi connectivity index (χ3n) is 4.42. The average Bonchev–Trinajstić information content (AvgIpc) is 2.68. The van der Waals surface area contributed by atoms with Crippen molar-refractivity contribution >= 4 is 22.0 Å². The normalized spacial score (nSPS) is 15.4. The number of ether oxygens (including phenoxy) is 1. The van der Waals surface area contributed by atoms with E-state index in [-0.39, 0.29) is 17.8 Å². The number of hydrogen-bond acceptors (Lipinski definition) is 5. The van der Waals surface area contributed by atoms with E-state index in [0.717, 1.165) is 5.56 Å². The summed E-state index contributed by atoms with van der Waals surface area (Å²) >= 11 is 0. The second-order valence-corrected chi connectivity index (χ2v) is 8.36. The summed E-state index contributed by atoms with van der Waals surface area (Å²) in [6.45, 7) is 1.79. The maximum absolute atomic E-state index is 12.5. The van der Waals surface area contributed by atoms with Crippen molar-refractivity contribution in [1.82, 2.24) is 14.5 Å². The topological polar surface area (TPSA) is 96.0 Å². The van der Waals surface area contributed by atoms with Gasteiger partial charge in [-0.1, -0.05) is 30.3 Å². The summed E-state index contributed by atoms with van der Waals surface area (Å²) < 4.78 is 31.1. The van der Waals surface area contributed by atoms with Crippen LogP contribution in [0, 0.1) is 0 Å². The Balaban J connectivity index is 1.71. The minimum absolute atomic E-state index is 0.0275. The fraction of sp³-hybridized carbons (Fsp3) is 0.556. The number of sulfonamides is 1. The lowest BCUT2D eigenvalue weighted by molar-refractivity contribution is -0.140. The molecule has 1 aromatic rings. The molecule has 1 aromatic carbocycles. The minimum atomic E-state index is -3.39. The van der Waals surface area contributed by atoms with Crippen molar-refractivity contribution in [2.75, 3.05) is 39.8 Å². The number of carbonyl (C=O) groups is 2. The number of nitrogens with one attached hydrogen (secondary N) is 1.